The lowest BCUT2D eigenvalue weighted by molar-refractivity contribution is -0.133. The summed E-state index contributed by atoms with van der Waals surface area (Å²) in [6.07, 6.45) is 3.95. The van der Waals surface area contributed by atoms with Gasteiger partial charge in [0, 0.05) is 23.6 Å². The molecule has 6 nitrogen and oxygen atoms in total. The van der Waals surface area contributed by atoms with Crippen molar-refractivity contribution in [3.8, 4) is 17.1 Å². The zero-order valence-corrected chi connectivity index (χ0v) is 11.7. The van der Waals surface area contributed by atoms with Crippen molar-refractivity contribution in [2.75, 3.05) is 5.75 Å². The standard InChI is InChI=1S/C14H12N4O2S/c19-12(20)9-21-14-15-13(16-17-14)10-3-5-11(6-4-10)18-7-1-2-8-18/h1-8H,9H2,(H,19,20)(H,15,16,17). The quantitative estimate of drug-likeness (QED) is 0.707. The highest BCUT2D eigenvalue weighted by Gasteiger charge is 2.08. The molecule has 0 radical (unpaired) electrons. The normalized spacial score (nSPS) is 10.7. The van der Waals surface area contributed by atoms with E-state index < -0.39 is 5.97 Å². The molecular formula is C14H12N4O2S. The van der Waals surface area contributed by atoms with Gasteiger partial charge in [-0.1, -0.05) is 11.8 Å². The van der Waals surface area contributed by atoms with E-state index in [2.05, 4.69) is 15.2 Å². The van der Waals surface area contributed by atoms with Crippen molar-refractivity contribution in [2.24, 2.45) is 0 Å². The van der Waals surface area contributed by atoms with Crippen molar-refractivity contribution in [3.63, 3.8) is 0 Å². The highest BCUT2D eigenvalue weighted by atomic mass is 32.2. The van der Waals surface area contributed by atoms with Gasteiger partial charge in [-0.05, 0) is 36.4 Å². The average molecular weight is 300 g/mol. The van der Waals surface area contributed by atoms with Crippen LogP contribution < -0.4 is 0 Å². The molecule has 2 N–H and O–H groups in total. The predicted octanol–water partition coefficient (Wildman–Crippen LogP) is 2.44. The van der Waals surface area contributed by atoms with Gasteiger partial charge < -0.3 is 14.7 Å². The van der Waals surface area contributed by atoms with Crippen molar-refractivity contribution in [3.05, 3.63) is 48.8 Å². The number of nitrogens with zero attached hydrogens (tertiary/aromatic N) is 3. The Balaban J connectivity index is 1.76. The first kappa shape index (κ1) is 13.4. The second-order valence-electron chi connectivity index (χ2n) is 4.30. The number of H-pyrrole nitrogens is 1. The minimum atomic E-state index is -0.881. The van der Waals surface area contributed by atoms with Crippen LogP contribution in [-0.2, 0) is 4.79 Å². The van der Waals surface area contributed by atoms with Gasteiger partial charge in [0.05, 0.1) is 5.75 Å². The predicted molar refractivity (Wildman–Crippen MR) is 79.5 cm³/mol. The van der Waals surface area contributed by atoms with Crippen LogP contribution >= 0.6 is 11.8 Å². The number of carboxylic acids is 1. The van der Waals surface area contributed by atoms with E-state index in [1.165, 1.54) is 0 Å². The monoisotopic (exact) mass is 300 g/mol. The molecule has 0 unspecified atom stereocenters. The van der Waals surface area contributed by atoms with Crippen LogP contribution in [0.4, 0.5) is 0 Å². The number of rotatable bonds is 5. The highest BCUT2D eigenvalue weighted by molar-refractivity contribution is 7.99. The molecule has 1 aromatic carbocycles. The average Bonchev–Trinajstić information content (AvgIpc) is 3.17. The number of carboxylic acid groups (broad SMARTS) is 1. The molecule has 0 amide bonds. The van der Waals surface area contributed by atoms with E-state index in [1.54, 1.807) is 0 Å². The Morgan fingerprint density at radius 2 is 1.90 bits per heavy atom. The van der Waals surface area contributed by atoms with E-state index in [9.17, 15) is 4.79 Å². The number of nitrogens with one attached hydrogen (secondary N) is 1. The molecule has 7 heteroatoms. The lowest BCUT2D eigenvalue weighted by atomic mass is 10.2. The molecule has 0 bridgehead atoms. The summed E-state index contributed by atoms with van der Waals surface area (Å²) in [5, 5.41) is 17.1. The van der Waals surface area contributed by atoms with Crippen LogP contribution in [0.5, 0.6) is 0 Å². The van der Waals surface area contributed by atoms with E-state index in [1.807, 2.05) is 53.4 Å². The summed E-state index contributed by atoms with van der Waals surface area (Å²) in [6, 6.07) is 11.8. The van der Waals surface area contributed by atoms with Crippen molar-refractivity contribution in [1.29, 1.82) is 0 Å². The summed E-state index contributed by atoms with van der Waals surface area (Å²) in [4.78, 5) is 13.5. The number of aromatic amines is 1. The van der Waals surface area contributed by atoms with Gasteiger partial charge in [0.15, 0.2) is 11.0 Å². The summed E-state index contributed by atoms with van der Waals surface area (Å²) in [5.74, 6) is -0.294. The third-order valence-corrected chi connectivity index (χ3v) is 3.69. The summed E-state index contributed by atoms with van der Waals surface area (Å²) in [5.41, 5.74) is 1.96. The zero-order chi connectivity index (χ0) is 14.7. The van der Waals surface area contributed by atoms with E-state index in [0.29, 0.717) is 11.0 Å². The van der Waals surface area contributed by atoms with Gasteiger partial charge in [0.25, 0.3) is 0 Å². The fourth-order valence-electron chi connectivity index (χ4n) is 1.87. The van der Waals surface area contributed by atoms with Gasteiger partial charge in [-0.25, -0.2) is 0 Å². The molecule has 2 heterocycles. The molecule has 0 saturated heterocycles. The lowest BCUT2D eigenvalue weighted by Crippen LogP contribution is -1.97. The fourth-order valence-corrected chi connectivity index (χ4v) is 2.40. The van der Waals surface area contributed by atoms with Gasteiger partial charge in [0.1, 0.15) is 0 Å². The van der Waals surface area contributed by atoms with Crippen molar-refractivity contribution in [1.82, 2.24) is 19.7 Å². The molecule has 0 saturated carbocycles. The number of benzene rings is 1. The maximum atomic E-state index is 10.5. The van der Waals surface area contributed by atoms with Crippen LogP contribution in [0.3, 0.4) is 0 Å². The first-order valence-electron chi connectivity index (χ1n) is 6.23. The van der Waals surface area contributed by atoms with Gasteiger partial charge in [0.2, 0.25) is 0 Å². The van der Waals surface area contributed by atoms with Crippen LogP contribution in [0.2, 0.25) is 0 Å². The summed E-state index contributed by atoms with van der Waals surface area (Å²) in [6.45, 7) is 0. The molecule has 0 fully saturated rings. The number of carbonyl (C=O) groups is 1. The topological polar surface area (TPSA) is 83.8 Å². The van der Waals surface area contributed by atoms with E-state index in [4.69, 9.17) is 5.11 Å². The second kappa shape index (κ2) is 5.84. The fraction of sp³-hybridized carbons (Fsp3) is 0.0714. The largest absolute Gasteiger partial charge is 0.481 e. The molecule has 0 spiro atoms. The SMILES string of the molecule is O=C(O)CSc1nnc(-c2ccc(-n3cccc3)cc2)[nH]1. The van der Waals surface area contributed by atoms with Crippen molar-refractivity contribution in [2.45, 2.75) is 5.16 Å². The molecule has 0 aliphatic heterocycles. The van der Waals surface area contributed by atoms with Gasteiger partial charge in [-0.3, -0.25) is 4.79 Å². The van der Waals surface area contributed by atoms with Gasteiger partial charge in [-0.2, -0.15) is 0 Å². The third-order valence-electron chi connectivity index (χ3n) is 2.84. The van der Waals surface area contributed by atoms with E-state index in [-0.39, 0.29) is 5.75 Å². The van der Waals surface area contributed by atoms with Crippen LogP contribution in [0, 0.1) is 0 Å². The van der Waals surface area contributed by atoms with Gasteiger partial charge in [-0.15, -0.1) is 10.2 Å². The van der Waals surface area contributed by atoms with Gasteiger partial charge >= 0.3 is 5.97 Å². The third kappa shape index (κ3) is 3.14. The molecule has 3 rings (SSSR count). The Kier molecular flexibility index (Phi) is 3.74. The van der Waals surface area contributed by atoms with Crippen molar-refractivity contribution < 1.29 is 9.90 Å². The van der Waals surface area contributed by atoms with E-state index in [0.717, 1.165) is 23.0 Å². The Morgan fingerprint density at radius 3 is 2.57 bits per heavy atom. The zero-order valence-electron chi connectivity index (χ0n) is 10.9. The smallest absolute Gasteiger partial charge is 0.313 e. The van der Waals surface area contributed by atoms with Crippen molar-refractivity contribution >= 4 is 17.7 Å². The minimum absolute atomic E-state index is 0.0405. The Labute approximate surface area is 124 Å². The lowest BCUT2D eigenvalue weighted by Gasteiger charge is -2.03. The maximum Gasteiger partial charge on any atom is 0.313 e. The maximum absolute atomic E-state index is 10.5. The molecular weight excluding hydrogens is 288 g/mol. The Bertz CT molecular complexity index is 735. The van der Waals surface area contributed by atoms with Crippen LogP contribution in [0.25, 0.3) is 17.1 Å². The molecule has 106 valence electrons. The molecule has 0 aliphatic rings. The van der Waals surface area contributed by atoms with E-state index >= 15 is 0 Å². The number of aromatic nitrogens is 4. The highest BCUT2D eigenvalue weighted by Crippen LogP contribution is 2.20. The minimum Gasteiger partial charge on any atom is -0.481 e. The number of aliphatic carboxylic acids is 1. The molecule has 21 heavy (non-hydrogen) atoms. The van der Waals surface area contributed by atoms with Crippen LogP contribution in [0.15, 0.2) is 53.9 Å². The number of hydrogen-bond acceptors (Lipinski definition) is 4. The summed E-state index contributed by atoms with van der Waals surface area (Å²) < 4.78 is 2.01. The second-order valence-corrected chi connectivity index (χ2v) is 5.26. The molecule has 0 aliphatic carbocycles. The molecule has 3 aromatic rings. The molecule has 2 aromatic heterocycles. The summed E-state index contributed by atoms with van der Waals surface area (Å²) >= 11 is 1.11. The first-order chi connectivity index (χ1) is 10.2. The first-order valence-corrected chi connectivity index (χ1v) is 7.22. The van der Waals surface area contributed by atoms with Crippen LogP contribution in [0.1, 0.15) is 0 Å². The Hall–Kier alpha value is -2.54. The summed E-state index contributed by atoms with van der Waals surface area (Å²) in [7, 11) is 0. The Morgan fingerprint density at radius 1 is 1.19 bits per heavy atom. The number of thioether (sulfide) groups is 1. The number of hydrogen-bond donors (Lipinski definition) is 2. The molecule has 0 atom stereocenters. The van der Waals surface area contributed by atoms with Crippen LogP contribution in [-0.4, -0.2) is 36.6 Å².